The van der Waals surface area contributed by atoms with Gasteiger partial charge >= 0.3 is 0 Å². The highest BCUT2D eigenvalue weighted by Crippen LogP contribution is 2.16. The Morgan fingerprint density at radius 2 is 1.87 bits per heavy atom. The van der Waals surface area contributed by atoms with Crippen LogP contribution in [0, 0.1) is 5.92 Å². The van der Waals surface area contributed by atoms with E-state index in [1.807, 2.05) is 0 Å². The topological polar surface area (TPSA) is 15.3 Å². The number of nitrogens with zero attached hydrogens (tertiary/aromatic N) is 1. The molecule has 15 heavy (non-hydrogen) atoms. The highest BCUT2D eigenvalue weighted by Gasteiger charge is 2.11. The van der Waals surface area contributed by atoms with Gasteiger partial charge in [0, 0.05) is 0 Å². The molecular weight excluding hydrogens is 184 g/mol. The third-order valence-electron chi connectivity index (χ3n) is 3.57. The summed E-state index contributed by atoms with van der Waals surface area (Å²) in [7, 11) is 0. The van der Waals surface area contributed by atoms with Gasteiger partial charge in [-0.2, -0.15) is 0 Å². The van der Waals surface area contributed by atoms with Crippen molar-refractivity contribution in [3.8, 4) is 0 Å². The van der Waals surface area contributed by atoms with Crippen LogP contribution in [0.4, 0.5) is 0 Å². The molecular formula is C13H24N2. The van der Waals surface area contributed by atoms with Gasteiger partial charge in [-0.05, 0) is 70.7 Å². The van der Waals surface area contributed by atoms with Gasteiger partial charge in [0.25, 0.3) is 0 Å². The third kappa shape index (κ3) is 3.96. The Bertz CT molecular complexity index is 183. The highest BCUT2D eigenvalue weighted by molar-refractivity contribution is 4.94. The number of rotatable bonds is 6. The summed E-state index contributed by atoms with van der Waals surface area (Å²) in [5.74, 6) is 0.886. The molecule has 0 radical (unpaired) electrons. The molecule has 0 unspecified atom stereocenters. The summed E-state index contributed by atoms with van der Waals surface area (Å²) >= 11 is 0. The van der Waals surface area contributed by atoms with Crippen molar-refractivity contribution in [1.82, 2.24) is 10.2 Å². The van der Waals surface area contributed by atoms with Crippen LogP contribution in [-0.2, 0) is 0 Å². The number of hydrogen-bond acceptors (Lipinski definition) is 2. The van der Waals surface area contributed by atoms with Crippen LogP contribution < -0.4 is 5.32 Å². The minimum Gasteiger partial charge on any atom is -0.316 e. The van der Waals surface area contributed by atoms with Crippen molar-refractivity contribution < 1.29 is 0 Å². The van der Waals surface area contributed by atoms with Crippen molar-refractivity contribution in [2.75, 3.05) is 32.7 Å². The van der Waals surface area contributed by atoms with E-state index in [9.17, 15) is 0 Å². The van der Waals surface area contributed by atoms with E-state index < -0.39 is 0 Å². The van der Waals surface area contributed by atoms with E-state index in [1.54, 1.807) is 0 Å². The van der Waals surface area contributed by atoms with Crippen molar-refractivity contribution in [3.63, 3.8) is 0 Å². The molecule has 1 N–H and O–H groups in total. The number of allylic oxidation sites excluding steroid dienone is 2. The van der Waals surface area contributed by atoms with Gasteiger partial charge in [-0.1, -0.05) is 12.2 Å². The number of likely N-dealkylation sites (tertiary alicyclic amines) is 1. The Kier molecular flexibility index (Phi) is 4.68. The molecule has 0 saturated carbocycles. The van der Waals surface area contributed by atoms with E-state index >= 15 is 0 Å². The van der Waals surface area contributed by atoms with Crippen LogP contribution in [0.2, 0.25) is 0 Å². The van der Waals surface area contributed by atoms with E-state index in [4.69, 9.17) is 0 Å². The van der Waals surface area contributed by atoms with Crippen molar-refractivity contribution >= 4 is 0 Å². The molecule has 0 aromatic rings. The second-order valence-electron chi connectivity index (χ2n) is 4.92. The summed E-state index contributed by atoms with van der Waals surface area (Å²) in [5.41, 5.74) is 0. The fourth-order valence-electron chi connectivity index (χ4n) is 2.58. The average Bonchev–Trinajstić information content (AvgIpc) is 2.88. The Morgan fingerprint density at radius 1 is 1.13 bits per heavy atom. The molecule has 2 aliphatic rings. The zero-order valence-corrected chi connectivity index (χ0v) is 9.75. The predicted octanol–water partition coefficient (Wildman–Crippen LogP) is 2.03. The number of nitrogens with one attached hydrogen (secondary N) is 1. The Hall–Kier alpha value is -0.340. The fourth-order valence-corrected chi connectivity index (χ4v) is 2.58. The minimum atomic E-state index is 0.886. The van der Waals surface area contributed by atoms with Crippen LogP contribution in [0.15, 0.2) is 12.2 Å². The van der Waals surface area contributed by atoms with Gasteiger partial charge in [-0.25, -0.2) is 0 Å². The van der Waals surface area contributed by atoms with Crippen LogP contribution in [0.3, 0.4) is 0 Å². The van der Waals surface area contributed by atoms with Gasteiger partial charge in [0.1, 0.15) is 0 Å². The first-order valence-electron chi connectivity index (χ1n) is 6.53. The summed E-state index contributed by atoms with van der Waals surface area (Å²) in [4.78, 5) is 2.60. The SMILES string of the molecule is C1=CCC(CNCCCN2CCCC2)C1. The predicted molar refractivity (Wildman–Crippen MR) is 65.0 cm³/mol. The molecule has 1 fully saturated rings. The highest BCUT2D eigenvalue weighted by atomic mass is 15.1. The molecule has 2 heteroatoms. The summed E-state index contributed by atoms with van der Waals surface area (Å²) < 4.78 is 0. The van der Waals surface area contributed by atoms with Crippen molar-refractivity contribution in [1.29, 1.82) is 0 Å². The molecule has 0 bridgehead atoms. The Morgan fingerprint density at radius 3 is 2.60 bits per heavy atom. The summed E-state index contributed by atoms with van der Waals surface area (Å²) in [5, 5.41) is 3.58. The lowest BCUT2D eigenvalue weighted by molar-refractivity contribution is 0.329. The van der Waals surface area contributed by atoms with Crippen molar-refractivity contribution in [3.05, 3.63) is 12.2 Å². The maximum atomic E-state index is 3.58. The largest absolute Gasteiger partial charge is 0.316 e. The average molecular weight is 208 g/mol. The maximum Gasteiger partial charge on any atom is -0.000664 e. The van der Waals surface area contributed by atoms with E-state index in [1.165, 1.54) is 64.8 Å². The van der Waals surface area contributed by atoms with E-state index in [-0.39, 0.29) is 0 Å². The third-order valence-corrected chi connectivity index (χ3v) is 3.57. The molecule has 0 spiro atoms. The van der Waals surface area contributed by atoms with E-state index in [2.05, 4.69) is 22.4 Å². The van der Waals surface area contributed by atoms with Crippen molar-refractivity contribution in [2.24, 2.45) is 5.92 Å². The van der Waals surface area contributed by atoms with Gasteiger partial charge in [0.05, 0.1) is 0 Å². The molecule has 0 aromatic carbocycles. The molecule has 0 atom stereocenters. The van der Waals surface area contributed by atoms with Gasteiger partial charge < -0.3 is 10.2 Å². The second kappa shape index (κ2) is 6.29. The monoisotopic (exact) mass is 208 g/mol. The first kappa shape index (κ1) is 11.2. The Labute approximate surface area is 93.7 Å². The van der Waals surface area contributed by atoms with Gasteiger partial charge in [-0.3, -0.25) is 0 Å². The van der Waals surface area contributed by atoms with Crippen LogP contribution in [0.1, 0.15) is 32.1 Å². The van der Waals surface area contributed by atoms with Crippen LogP contribution in [-0.4, -0.2) is 37.6 Å². The van der Waals surface area contributed by atoms with Crippen LogP contribution in [0.5, 0.6) is 0 Å². The minimum absolute atomic E-state index is 0.886. The molecule has 1 saturated heterocycles. The number of hydrogen-bond donors (Lipinski definition) is 1. The lowest BCUT2D eigenvalue weighted by Gasteiger charge is -2.15. The smallest absolute Gasteiger partial charge is 0.000664 e. The fraction of sp³-hybridized carbons (Fsp3) is 0.846. The standard InChI is InChI=1S/C13H24N2/c1-2-7-13(6-1)12-14-8-5-11-15-9-3-4-10-15/h1-2,13-14H,3-12H2. The lowest BCUT2D eigenvalue weighted by Crippen LogP contribution is -2.27. The quantitative estimate of drug-likeness (QED) is 0.531. The molecule has 2 nitrogen and oxygen atoms in total. The summed E-state index contributed by atoms with van der Waals surface area (Å²) in [6.07, 6.45) is 11.4. The molecule has 0 aromatic heterocycles. The van der Waals surface area contributed by atoms with Gasteiger partial charge in [0.15, 0.2) is 0 Å². The molecule has 0 amide bonds. The molecule has 1 heterocycles. The lowest BCUT2D eigenvalue weighted by atomic mass is 10.1. The second-order valence-corrected chi connectivity index (χ2v) is 4.92. The molecule has 1 aliphatic carbocycles. The van der Waals surface area contributed by atoms with Gasteiger partial charge in [0.2, 0.25) is 0 Å². The van der Waals surface area contributed by atoms with Gasteiger partial charge in [-0.15, -0.1) is 0 Å². The molecule has 86 valence electrons. The Balaban J connectivity index is 1.41. The van der Waals surface area contributed by atoms with Crippen LogP contribution in [0.25, 0.3) is 0 Å². The molecule has 1 aliphatic heterocycles. The van der Waals surface area contributed by atoms with E-state index in [0.29, 0.717) is 0 Å². The van der Waals surface area contributed by atoms with E-state index in [0.717, 1.165) is 5.92 Å². The first-order valence-corrected chi connectivity index (χ1v) is 6.53. The summed E-state index contributed by atoms with van der Waals surface area (Å²) in [6, 6.07) is 0. The zero-order chi connectivity index (χ0) is 10.3. The van der Waals surface area contributed by atoms with Crippen molar-refractivity contribution in [2.45, 2.75) is 32.1 Å². The first-order chi connectivity index (χ1) is 7.45. The summed E-state index contributed by atoms with van der Waals surface area (Å²) in [6.45, 7) is 6.40. The normalized spacial score (nSPS) is 22.9. The molecule has 2 rings (SSSR count). The maximum absolute atomic E-state index is 3.58. The zero-order valence-electron chi connectivity index (χ0n) is 9.75. The van der Waals surface area contributed by atoms with Crippen LogP contribution >= 0.6 is 0 Å².